The van der Waals surface area contributed by atoms with Gasteiger partial charge in [0.05, 0.1) is 18.1 Å². The molecule has 2 aliphatic heterocycles. The quantitative estimate of drug-likeness (QED) is 0.872. The Bertz CT molecular complexity index is 967. The van der Waals surface area contributed by atoms with E-state index in [1.807, 2.05) is 30.3 Å². The molecule has 2 amide bonds. The molecule has 144 valence electrons. The van der Waals surface area contributed by atoms with Gasteiger partial charge in [-0.2, -0.15) is 5.26 Å². The zero-order chi connectivity index (χ0) is 19.7. The summed E-state index contributed by atoms with van der Waals surface area (Å²) >= 11 is 0. The minimum absolute atomic E-state index is 0.0106. The molecule has 0 spiro atoms. The van der Waals surface area contributed by atoms with Crippen molar-refractivity contribution in [2.75, 3.05) is 26.2 Å². The Hall–Kier alpha value is -2.98. The number of nitrogens with two attached hydrogens (primary N) is 1. The van der Waals surface area contributed by atoms with E-state index >= 15 is 0 Å². The van der Waals surface area contributed by atoms with E-state index in [9.17, 15) is 14.9 Å². The zero-order valence-corrected chi connectivity index (χ0v) is 15.7. The van der Waals surface area contributed by atoms with Gasteiger partial charge in [-0.3, -0.25) is 14.5 Å². The first-order valence-corrected chi connectivity index (χ1v) is 9.67. The molecular weight excluding hydrogens is 354 g/mol. The topological polar surface area (TPSA) is 103 Å². The summed E-state index contributed by atoms with van der Waals surface area (Å²) in [6.07, 6.45) is 2.49. The van der Waals surface area contributed by atoms with Crippen molar-refractivity contribution in [1.29, 1.82) is 5.26 Å². The first kappa shape index (κ1) is 18.4. The molecule has 0 bridgehead atoms. The molecule has 4 rings (SSSR count). The standard InChI is InChI=1S/C21H23N5O2/c22-11-16-5-3-8-26(16)19(27)13-25-9-7-15(12-25)17-10-14-4-1-2-6-18(14)24-20(17)21(23)28/h1-2,4,6,10,15-16H,3,5,7-9,12-13H2,(H2,23,28)/t15-,16+/m1/s1. The van der Waals surface area contributed by atoms with Gasteiger partial charge in [0, 0.05) is 24.4 Å². The fourth-order valence-electron chi connectivity index (χ4n) is 4.35. The monoisotopic (exact) mass is 377 g/mol. The Balaban J connectivity index is 1.51. The predicted molar refractivity (Wildman–Crippen MR) is 104 cm³/mol. The lowest BCUT2D eigenvalue weighted by atomic mass is 9.95. The maximum atomic E-state index is 12.6. The van der Waals surface area contributed by atoms with Crippen molar-refractivity contribution in [3.8, 4) is 6.07 Å². The van der Waals surface area contributed by atoms with Crippen molar-refractivity contribution >= 4 is 22.7 Å². The van der Waals surface area contributed by atoms with Crippen LogP contribution >= 0.6 is 0 Å². The number of aromatic nitrogens is 1. The highest BCUT2D eigenvalue weighted by Crippen LogP contribution is 2.31. The number of nitrogens with zero attached hydrogens (tertiary/aromatic N) is 4. The third-order valence-corrected chi connectivity index (χ3v) is 5.78. The summed E-state index contributed by atoms with van der Waals surface area (Å²) in [5.74, 6) is -0.404. The molecule has 0 unspecified atom stereocenters. The van der Waals surface area contributed by atoms with E-state index in [-0.39, 0.29) is 17.9 Å². The number of para-hydroxylation sites is 1. The molecule has 7 nitrogen and oxygen atoms in total. The molecule has 2 N–H and O–H groups in total. The highest BCUT2D eigenvalue weighted by Gasteiger charge is 2.33. The van der Waals surface area contributed by atoms with Gasteiger partial charge in [-0.25, -0.2) is 4.98 Å². The number of rotatable bonds is 4. The Morgan fingerprint density at radius 2 is 2.07 bits per heavy atom. The van der Waals surface area contributed by atoms with Crippen LogP contribution in [0.3, 0.4) is 0 Å². The Morgan fingerprint density at radius 1 is 1.25 bits per heavy atom. The minimum Gasteiger partial charge on any atom is -0.364 e. The lowest BCUT2D eigenvalue weighted by molar-refractivity contribution is -0.132. The Morgan fingerprint density at radius 3 is 2.86 bits per heavy atom. The van der Waals surface area contributed by atoms with E-state index in [4.69, 9.17) is 5.73 Å². The van der Waals surface area contributed by atoms with Crippen LogP contribution in [0, 0.1) is 11.3 Å². The van der Waals surface area contributed by atoms with E-state index in [1.165, 1.54) is 0 Å². The molecule has 0 saturated carbocycles. The van der Waals surface area contributed by atoms with Crippen LogP contribution in [-0.4, -0.2) is 58.8 Å². The van der Waals surface area contributed by atoms with Crippen LogP contribution in [-0.2, 0) is 4.79 Å². The summed E-state index contributed by atoms with van der Waals surface area (Å²) in [6.45, 7) is 2.42. The number of pyridine rings is 1. The molecule has 1 aromatic carbocycles. The molecular formula is C21H23N5O2. The lowest BCUT2D eigenvalue weighted by Crippen LogP contribution is -2.41. The van der Waals surface area contributed by atoms with Gasteiger partial charge in [0.15, 0.2) is 0 Å². The second kappa shape index (κ2) is 7.56. The average molecular weight is 377 g/mol. The van der Waals surface area contributed by atoms with Gasteiger partial charge >= 0.3 is 0 Å². The third-order valence-electron chi connectivity index (χ3n) is 5.78. The smallest absolute Gasteiger partial charge is 0.267 e. The number of benzene rings is 1. The molecule has 28 heavy (non-hydrogen) atoms. The summed E-state index contributed by atoms with van der Waals surface area (Å²) in [5.41, 5.74) is 7.53. The maximum absolute atomic E-state index is 12.6. The SMILES string of the molecule is N#C[C@@H]1CCCN1C(=O)CN1CC[C@@H](c2cc3ccccc3nc2C(N)=O)C1. The molecule has 7 heteroatoms. The average Bonchev–Trinajstić information content (AvgIpc) is 3.36. The van der Waals surface area contributed by atoms with Crippen LogP contribution in [0.5, 0.6) is 0 Å². The molecule has 2 aromatic rings. The lowest BCUT2D eigenvalue weighted by Gasteiger charge is -2.23. The Labute approximate surface area is 163 Å². The number of carbonyl (C=O) groups is 2. The first-order valence-electron chi connectivity index (χ1n) is 9.67. The fraction of sp³-hybridized carbons (Fsp3) is 0.429. The van der Waals surface area contributed by atoms with Gasteiger partial charge in [-0.1, -0.05) is 18.2 Å². The normalized spacial score (nSPS) is 22.5. The van der Waals surface area contributed by atoms with Crippen LogP contribution in [0.4, 0.5) is 0 Å². The van der Waals surface area contributed by atoms with E-state index in [0.717, 1.165) is 42.3 Å². The molecule has 0 radical (unpaired) electrons. The largest absolute Gasteiger partial charge is 0.364 e. The highest BCUT2D eigenvalue weighted by molar-refractivity contribution is 5.95. The fourth-order valence-corrected chi connectivity index (χ4v) is 4.35. The van der Waals surface area contributed by atoms with E-state index < -0.39 is 5.91 Å². The number of fused-ring (bicyclic) bond motifs is 1. The van der Waals surface area contributed by atoms with Crippen molar-refractivity contribution in [2.45, 2.75) is 31.2 Å². The van der Waals surface area contributed by atoms with Crippen molar-refractivity contribution in [3.63, 3.8) is 0 Å². The van der Waals surface area contributed by atoms with Gasteiger partial charge in [-0.15, -0.1) is 0 Å². The zero-order valence-electron chi connectivity index (χ0n) is 15.7. The second-order valence-corrected chi connectivity index (χ2v) is 7.58. The minimum atomic E-state index is -0.524. The molecule has 2 fully saturated rings. The van der Waals surface area contributed by atoms with Crippen LogP contribution in [0.2, 0.25) is 0 Å². The van der Waals surface area contributed by atoms with E-state index in [1.54, 1.807) is 4.90 Å². The summed E-state index contributed by atoms with van der Waals surface area (Å²) in [5, 5.41) is 10.2. The molecule has 2 atom stereocenters. The number of hydrogen-bond acceptors (Lipinski definition) is 5. The molecule has 0 aliphatic carbocycles. The van der Waals surface area contributed by atoms with Crippen molar-refractivity contribution in [2.24, 2.45) is 5.73 Å². The first-order chi connectivity index (χ1) is 13.6. The molecule has 2 saturated heterocycles. The number of hydrogen-bond donors (Lipinski definition) is 1. The summed E-state index contributed by atoms with van der Waals surface area (Å²) in [4.78, 5) is 32.9. The molecule has 2 aliphatic rings. The third kappa shape index (κ3) is 3.43. The second-order valence-electron chi connectivity index (χ2n) is 7.58. The van der Waals surface area contributed by atoms with Gasteiger partial charge in [0.1, 0.15) is 11.7 Å². The van der Waals surface area contributed by atoms with Crippen molar-refractivity contribution < 1.29 is 9.59 Å². The number of primary amides is 1. The van der Waals surface area contributed by atoms with Gasteiger partial charge in [-0.05, 0) is 43.5 Å². The van der Waals surface area contributed by atoms with Crippen molar-refractivity contribution in [3.05, 3.63) is 41.6 Å². The van der Waals surface area contributed by atoms with Gasteiger partial charge in [0.25, 0.3) is 5.91 Å². The summed E-state index contributed by atoms with van der Waals surface area (Å²) in [7, 11) is 0. The number of carbonyl (C=O) groups excluding carboxylic acids is 2. The van der Waals surface area contributed by atoms with E-state index in [2.05, 4.69) is 16.0 Å². The summed E-state index contributed by atoms with van der Waals surface area (Å²) < 4.78 is 0. The predicted octanol–water partition coefficient (Wildman–Crippen LogP) is 1.64. The number of amides is 2. The number of likely N-dealkylation sites (tertiary alicyclic amines) is 2. The Kier molecular flexibility index (Phi) is 4.97. The van der Waals surface area contributed by atoms with Crippen LogP contribution < -0.4 is 5.73 Å². The molecule has 1 aromatic heterocycles. The van der Waals surface area contributed by atoms with Crippen LogP contribution in [0.25, 0.3) is 10.9 Å². The van der Waals surface area contributed by atoms with Gasteiger partial charge < -0.3 is 10.6 Å². The molecule has 3 heterocycles. The highest BCUT2D eigenvalue weighted by atomic mass is 16.2. The number of nitriles is 1. The van der Waals surface area contributed by atoms with E-state index in [0.29, 0.717) is 25.3 Å². The van der Waals surface area contributed by atoms with Crippen molar-refractivity contribution in [1.82, 2.24) is 14.8 Å². The maximum Gasteiger partial charge on any atom is 0.267 e. The van der Waals surface area contributed by atoms with Crippen LogP contribution in [0.15, 0.2) is 30.3 Å². The van der Waals surface area contributed by atoms with Gasteiger partial charge in [0.2, 0.25) is 5.91 Å². The summed E-state index contributed by atoms with van der Waals surface area (Å²) in [6, 6.07) is 11.6. The van der Waals surface area contributed by atoms with Crippen LogP contribution in [0.1, 0.15) is 41.2 Å².